The topological polar surface area (TPSA) is 82.3 Å². The van der Waals surface area contributed by atoms with Crippen LogP contribution in [0.2, 0.25) is 0 Å². The van der Waals surface area contributed by atoms with Gasteiger partial charge in [0.05, 0.1) is 20.0 Å². The molecule has 2 unspecified atom stereocenters. The molecule has 0 bridgehead atoms. The third kappa shape index (κ3) is 1.78. The predicted octanol–water partition coefficient (Wildman–Crippen LogP) is 0.995. The van der Waals surface area contributed by atoms with E-state index in [0.29, 0.717) is 4.57 Å². The molecule has 120 valence electrons. The van der Waals surface area contributed by atoms with Gasteiger partial charge in [-0.3, -0.25) is 4.57 Å². The van der Waals surface area contributed by atoms with Crippen molar-refractivity contribution >= 4 is 11.2 Å². The quantitative estimate of drug-likeness (QED) is 0.849. The number of fused-ring (bicyclic) bond motifs is 1. The van der Waals surface area contributed by atoms with Gasteiger partial charge < -0.3 is 14.6 Å². The van der Waals surface area contributed by atoms with Crippen LogP contribution in [-0.4, -0.2) is 56.3 Å². The Morgan fingerprint density at radius 1 is 1.27 bits per heavy atom. The minimum Gasteiger partial charge on any atom is -0.479 e. The highest BCUT2D eigenvalue weighted by molar-refractivity contribution is 5.76. The molecule has 22 heavy (non-hydrogen) atoms. The summed E-state index contributed by atoms with van der Waals surface area (Å²) in [5, 5.41) is 8.84. The summed E-state index contributed by atoms with van der Waals surface area (Å²) in [7, 11) is 1.29. The molecule has 1 N–H and O–H groups in total. The summed E-state index contributed by atoms with van der Waals surface area (Å²) in [4.78, 5) is 11.3. The monoisotopic (exact) mass is 322 g/mol. The van der Waals surface area contributed by atoms with Crippen molar-refractivity contribution in [3.05, 3.63) is 12.7 Å². The lowest BCUT2D eigenvalue weighted by molar-refractivity contribution is -0.209. The molecule has 0 radical (unpaired) electrons. The predicted molar refractivity (Wildman–Crippen MR) is 62.8 cm³/mol. The average Bonchev–Trinajstić information content (AvgIpc) is 2.97. The molecular weight excluding hydrogens is 312 g/mol. The van der Waals surface area contributed by atoms with Gasteiger partial charge in [0.15, 0.2) is 17.3 Å². The van der Waals surface area contributed by atoms with Crippen molar-refractivity contribution in [2.75, 3.05) is 13.7 Å². The van der Waals surface area contributed by atoms with Crippen molar-refractivity contribution in [1.82, 2.24) is 19.5 Å². The number of alkyl halides is 4. The number of hydrogen-bond acceptors (Lipinski definition) is 6. The number of ether oxygens (including phenoxy) is 2. The fourth-order valence-electron chi connectivity index (χ4n) is 2.26. The molecule has 1 fully saturated rings. The largest absolute Gasteiger partial charge is 0.479 e. The number of aliphatic hydroxyl groups is 1. The molecule has 0 aliphatic carbocycles. The van der Waals surface area contributed by atoms with E-state index in [9.17, 15) is 17.6 Å². The van der Waals surface area contributed by atoms with Crippen LogP contribution in [0.3, 0.4) is 0 Å². The summed E-state index contributed by atoms with van der Waals surface area (Å²) in [5.74, 6) is -9.07. The molecule has 3 rings (SSSR count). The van der Waals surface area contributed by atoms with Gasteiger partial charge in [-0.05, 0) is 0 Å². The second-order valence-electron chi connectivity index (χ2n) is 4.61. The first-order valence-electron chi connectivity index (χ1n) is 6.08. The van der Waals surface area contributed by atoms with E-state index in [-0.39, 0.29) is 17.0 Å². The van der Waals surface area contributed by atoms with Crippen molar-refractivity contribution in [2.45, 2.75) is 24.2 Å². The summed E-state index contributed by atoms with van der Waals surface area (Å²) in [5.41, 5.74) is -0.119. The molecule has 2 aromatic heterocycles. The van der Waals surface area contributed by atoms with Crippen LogP contribution in [0.4, 0.5) is 17.6 Å². The molecule has 11 heteroatoms. The molecule has 0 spiro atoms. The zero-order valence-electron chi connectivity index (χ0n) is 11.1. The minimum atomic E-state index is -4.55. The van der Waals surface area contributed by atoms with Crippen molar-refractivity contribution < 1.29 is 32.1 Å². The maximum absolute atomic E-state index is 14.0. The van der Waals surface area contributed by atoms with Crippen LogP contribution in [0.25, 0.3) is 11.2 Å². The summed E-state index contributed by atoms with van der Waals surface area (Å²) < 4.78 is 65.5. The SMILES string of the molecule is COc1ncnc2c1ncn2C1OC(CO)C(F)(F)C1(F)F. The number of aliphatic hydroxyl groups excluding tert-OH is 1. The smallest absolute Gasteiger partial charge is 0.356 e. The number of halogens is 4. The summed E-state index contributed by atoms with van der Waals surface area (Å²) in [6.07, 6.45) is -2.78. The average molecular weight is 322 g/mol. The lowest BCUT2D eigenvalue weighted by atomic mass is 10.1. The Labute approximate surface area is 120 Å². The van der Waals surface area contributed by atoms with Gasteiger partial charge in [-0.25, -0.2) is 9.97 Å². The first-order valence-corrected chi connectivity index (χ1v) is 6.08. The van der Waals surface area contributed by atoms with Gasteiger partial charge in [0.1, 0.15) is 6.33 Å². The van der Waals surface area contributed by atoms with Crippen LogP contribution >= 0.6 is 0 Å². The second-order valence-corrected chi connectivity index (χ2v) is 4.61. The second kappa shape index (κ2) is 4.74. The lowest BCUT2D eigenvalue weighted by Crippen LogP contribution is -2.46. The maximum Gasteiger partial charge on any atom is 0.356 e. The fraction of sp³-hybridized carbons (Fsp3) is 0.545. The highest BCUT2D eigenvalue weighted by atomic mass is 19.3. The zero-order chi connectivity index (χ0) is 16.1. The van der Waals surface area contributed by atoms with E-state index in [1.807, 2.05) is 0 Å². The van der Waals surface area contributed by atoms with Crippen molar-refractivity contribution in [3.8, 4) is 5.88 Å². The highest BCUT2D eigenvalue weighted by Crippen LogP contribution is 2.53. The van der Waals surface area contributed by atoms with Gasteiger partial charge >= 0.3 is 11.8 Å². The summed E-state index contributed by atoms with van der Waals surface area (Å²) in [6, 6.07) is 0. The zero-order valence-corrected chi connectivity index (χ0v) is 11.1. The van der Waals surface area contributed by atoms with Crippen LogP contribution in [0.1, 0.15) is 6.23 Å². The Kier molecular flexibility index (Phi) is 3.22. The molecule has 2 aromatic rings. The molecule has 7 nitrogen and oxygen atoms in total. The van der Waals surface area contributed by atoms with Crippen LogP contribution in [-0.2, 0) is 4.74 Å². The Balaban J connectivity index is 2.12. The van der Waals surface area contributed by atoms with E-state index in [2.05, 4.69) is 19.7 Å². The summed E-state index contributed by atoms with van der Waals surface area (Å²) in [6.45, 7) is -1.25. The molecular formula is C11H10F4N4O3. The highest BCUT2D eigenvalue weighted by Gasteiger charge is 2.73. The number of aromatic nitrogens is 4. The van der Waals surface area contributed by atoms with Crippen LogP contribution in [0, 0.1) is 0 Å². The number of imidazole rings is 1. The van der Waals surface area contributed by atoms with E-state index in [0.717, 1.165) is 12.7 Å². The standard InChI is InChI=1S/C11H10F4N4O3/c1-21-8-6-7(16-3-17-8)19(4-18-6)9-11(14,15)10(12,13)5(2-20)22-9/h3-5,9,20H,2H2,1H3. The van der Waals surface area contributed by atoms with Gasteiger partial charge in [-0.1, -0.05) is 0 Å². The molecule has 0 amide bonds. The molecule has 0 saturated carbocycles. The normalized spacial score (nSPS) is 26.5. The molecule has 1 aliphatic heterocycles. The third-order valence-corrected chi connectivity index (χ3v) is 3.39. The molecule has 1 saturated heterocycles. The van der Waals surface area contributed by atoms with Crippen LogP contribution in [0.15, 0.2) is 12.7 Å². The Morgan fingerprint density at radius 3 is 2.59 bits per heavy atom. The number of hydrogen-bond donors (Lipinski definition) is 1. The van der Waals surface area contributed by atoms with Crippen molar-refractivity contribution in [1.29, 1.82) is 0 Å². The van der Waals surface area contributed by atoms with Crippen molar-refractivity contribution in [2.24, 2.45) is 0 Å². The van der Waals surface area contributed by atoms with Gasteiger partial charge in [0, 0.05) is 0 Å². The lowest BCUT2D eigenvalue weighted by Gasteiger charge is -2.23. The van der Waals surface area contributed by atoms with E-state index in [4.69, 9.17) is 9.84 Å². The Bertz CT molecular complexity index is 708. The molecule has 2 atom stereocenters. The number of rotatable bonds is 3. The Morgan fingerprint density at radius 2 is 2.00 bits per heavy atom. The Hall–Kier alpha value is -2.01. The van der Waals surface area contributed by atoms with Gasteiger partial charge in [-0.15, -0.1) is 0 Å². The molecule has 0 aromatic carbocycles. The third-order valence-electron chi connectivity index (χ3n) is 3.39. The molecule has 1 aliphatic rings. The van der Waals surface area contributed by atoms with Crippen molar-refractivity contribution in [3.63, 3.8) is 0 Å². The van der Waals surface area contributed by atoms with E-state index in [1.165, 1.54) is 7.11 Å². The van der Waals surface area contributed by atoms with Gasteiger partial charge in [0.25, 0.3) is 0 Å². The van der Waals surface area contributed by atoms with E-state index < -0.39 is 30.8 Å². The maximum atomic E-state index is 14.0. The van der Waals surface area contributed by atoms with Crippen LogP contribution in [0.5, 0.6) is 5.88 Å². The first-order chi connectivity index (χ1) is 10.3. The summed E-state index contributed by atoms with van der Waals surface area (Å²) >= 11 is 0. The fourth-order valence-corrected chi connectivity index (χ4v) is 2.26. The van der Waals surface area contributed by atoms with Gasteiger partial charge in [-0.2, -0.15) is 22.5 Å². The minimum absolute atomic E-state index is 0.00975. The number of nitrogens with zero attached hydrogens (tertiary/aromatic N) is 4. The van der Waals surface area contributed by atoms with Gasteiger partial charge in [0.2, 0.25) is 12.1 Å². The van der Waals surface area contributed by atoms with Crippen LogP contribution < -0.4 is 4.74 Å². The van der Waals surface area contributed by atoms with E-state index in [1.54, 1.807) is 0 Å². The number of methoxy groups -OCH3 is 1. The first kappa shape index (κ1) is 14.9. The molecule has 3 heterocycles. The van der Waals surface area contributed by atoms with E-state index >= 15 is 0 Å².